The van der Waals surface area contributed by atoms with Crippen LogP contribution in [0.4, 0.5) is 4.79 Å². The highest BCUT2D eigenvalue weighted by Gasteiger charge is 2.33. The van der Waals surface area contributed by atoms with Crippen LogP contribution in [0.3, 0.4) is 0 Å². The van der Waals surface area contributed by atoms with Crippen molar-refractivity contribution < 1.29 is 15.0 Å². The minimum atomic E-state index is -0.310. The lowest BCUT2D eigenvalue weighted by Gasteiger charge is -2.37. The summed E-state index contributed by atoms with van der Waals surface area (Å²) >= 11 is 0. The summed E-state index contributed by atoms with van der Waals surface area (Å²) < 4.78 is 0. The Morgan fingerprint density at radius 2 is 1.92 bits per heavy atom. The summed E-state index contributed by atoms with van der Waals surface area (Å²) in [6.45, 7) is 0.500. The van der Waals surface area contributed by atoms with Crippen molar-refractivity contribution in [1.82, 2.24) is 10.2 Å². The molecule has 5 nitrogen and oxygen atoms in total. The molecule has 1 heterocycles. The molecule has 0 aromatic heterocycles. The van der Waals surface area contributed by atoms with Gasteiger partial charge in [0, 0.05) is 6.54 Å². The summed E-state index contributed by atoms with van der Waals surface area (Å²) in [4.78, 5) is 14.6. The zero-order valence-electron chi connectivity index (χ0n) is 14.0. The maximum atomic E-state index is 12.9. The van der Waals surface area contributed by atoms with Crippen molar-refractivity contribution in [2.45, 2.75) is 31.3 Å². The molecule has 1 aliphatic heterocycles. The topological polar surface area (TPSA) is 72.8 Å². The lowest BCUT2D eigenvalue weighted by atomic mass is 9.93. The second-order valence-corrected chi connectivity index (χ2v) is 6.73. The Kier molecular flexibility index (Phi) is 4.09. The van der Waals surface area contributed by atoms with E-state index in [1.807, 2.05) is 30.3 Å². The molecule has 0 spiro atoms. The van der Waals surface area contributed by atoms with E-state index in [-0.39, 0.29) is 24.7 Å². The number of rotatable bonds is 2. The lowest BCUT2D eigenvalue weighted by molar-refractivity contribution is 0.125. The van der Waals surface area contributed by atoms with E-state index in [1.165, 1.54) is 5.56 Å². The van der Waals surface area contributed by atoms with Gasteiger partial charge in [0.15, 0.2) is 0 Å². The van der Waals surface area contributed by atoms with Crippen LogP contribution < -0.4 is 5.32 Å². The molecule has 0 bridgehead atoms. The van der Waals surface area contributed by atoms with Gasteiger partial charge in [0.1, 0.15) is 5.75 Å². The molecule has 3 N–H and O–H groups in total. The molecule has 5 heteroatoms. The third-order valence-corrected chi connectivity index (χ3v) is 5.39. The smallest absolute Gasteiger partial charge is 0.318 e. The molecule has 0 radical (unpaired) electrons. The number of aliphatic hydroxyl groups excluding tert-OH is 1. The highest BCUT2D eigenvalue weighted by Crippen LogP contribution is 2.37. The molecule has 0 unspecified atom stereocenters. The van der Waals surface area contributed by atoms with Crippen molar-refractivity contribution in [2.24, 2.45) is 0 Å². The molecule has 0 saturated carbocycles. The molecule has 130 valence electrons. The van der Waals surface area contributed by atoms with Crippen LogP contribution in [0.1, 0.15) is 40.8 Å². The number of carbonyl (C=O) groups is 1. The molecule has 0 fully saturated rings. The molecule has 0 saturated heterocycles. The van der Waals surface area contributed by atoms with E-state index >= 15 is 0 Å². The van der Waals surface area contributed by atoms with Gasteiger partial charge in [-0.05, 0) is 47.6 Å². The van der Waals surface area contributed by atoms with E-state index in [1.54, 1.807) is 11.0 Å². The number of phenols is 1. The number of carbonyl (C=O) groups excluding carboxylic acids is 1. The highest BCUT2D eigenvalue weighted by atomic mass is 16.3. The summed E-state index contributed by atoms with van der Waals surface area (Å²) in [6.07, 6.45) is 2.34. The van der Waals surface area contributed by atoms with Crippen LogP contribution in [0.5, 0.6) is 5.75 Å². The van der Waals surface area contributed by atoms with Crippen LogP contribution >= 0.6 is 0 Å². The van der Waals surface area contributed by atoms with Crippen molar-refractivity contribution in [2.75, 3.05) is 13.2 Å². The number of aromatic hydroxyl groups is 1. The van der Waals surface area contributed by atoms with E-state index in [0.717, 1.165) is 36.0 Å². The zero-order valence-corrected chi connectivity index (χ0v) is 14.0. The van der Waals surface area contributed by atoms with Gasteiger partial charge in [-0.25, -0.2) is 4.79 Å². The molecule has 2 aromatic carbocycles. The number of amides is 2. The first-order valence-electron chi connectivity index (χ1n) is 8.75. The van der Waals surface area contributed by atoms with Crippen LogP contribution in [0, 0.1) is 0 Å². The number of nitrogens with zero attached hydrogens (tertiary/aromatic N) is 1. The van der Waals surface area contributed by atoms with Crippen molar-refractivity contribution in [3.05, 3.63) is 64.7 Å². The first kappa shape index (κ1) is 16.0. The Balaban J connectivity index is 1.54. The number of benzene rings is 2. The molecule has 2 atom stereocenters. The third-order valence-electron chi connectivity index (χ3n) is 5.39. The molecule has 2 amide bonds. The first-order chi connectivity index (χ1) is 12.2. The van der Waals surface area contributed by atoms with Crippen LogP contribution in [-0.2, 0) is 12.8 Å². The van der Waals surface area contributed by atoms with Crippen molar-refractivity contribution in [3.8, 4) is 5.75 Å². The quantitative estimate of drug-likeness (QED) is 0.788. The molecular formula is C20H22N2O3. The number of aliphatic hydroxyl groups is 1. The maximum Gasteiger partial charge on any atom is 0.318 e. The average Bonchev–Trinajstić information content (AvgIpc) is 3.05. The molecule has 4 rings (SSSR count). The summed E-state index contributed by atoms with van der Waals surface area (Å²) in [7, 11) is 0. The van der Waals surface area contributed by atoms with Crippen molar-refractivity contribution in [3.63, 3.8) is 0 Å². The number of urea groups is 1. The fourth-order valence-corrected chi connectivity index (χ4v) is 4.11. The normalized spacial score (nSPS) is 21.6. The molecule has 2 aliphatic rings. The van der Waals surface area contributed by atoms with E-state index < -0.39 is 0 Å². The van der Waals surface area contributed by atoms with Crippen molar-refractivity contribution in [1.29, 1.82) is 0 Å². The van der Waals surface area contributed by atoms with Crippen LogP contribution in [0.15, 0.2) is 42.5 Å². The highest BCUT2D eigenvalue weighted by molar-refractivity contribution is 5.76. The van der Waals surface area contributed by atoms with Gasteiger partial charge in [-0.15, -0.1) is 0 Å². The summed E-state index contributed by atoms with van der Waals surface area (Å²) in [6, 6.07) is 12.9. The van der Waals surface area contributed by atoms with Gasteiger partial charge < -0.3 is 20.4 Å². The summed E-state index contributed by atoms with van der Waals surface area (Å²) in [5.74, 6) is 0.300. The Morgan fingerprint density at radius 1 is 1.12 bits per heavy atom. The number of hydrogen-bond donors (Lipinski definition) is 3. The zero-order chi connectivity index (χ0) is 17.4. The summed E-state index contributed by atoms with van der Waals surface area (Å²) in [5, 5.41) is 22.9. The Hall–Kier alpha value is -2.53. The van der Waals surface area contributed by atoms with Gasteiger partial charge in [-0.2, -0.15) is 0 Å². The minimum Gasteiger partial charge on any atom is -0.508 e. The Morgan fingerprint density at radius 3 is 2.76 bits per heavy atom. The van der Waals surface area contributed by atoms with E-state index in [0.29, 0.717) is 12.3 Å². The fraction of sp³-hybridized carbons (Fsp3) is 0.350. The Labute approximate surface area is 146 Å². The van der Waals surface area contributed by atoms with Crippen LogP contribution in [0.2, 0.25) is 0 Å². The molecule has 2 aromatic rings. The van der Waals surface area contributed by atoms with E-state index in [4.69, 9.17) is 0 Å². The number of hydrogen-bond acceptors (Lipinski definition) is 3. The number of nitrogens with one attached hydrogen (secondary N) is 1. The number of phenolic OH excluding ortho intramolecular Hbond substituents is 1. The second-order valence-electron chi connectivity index (χ2n) is 6.73. The third kappa shape index (κ3) is 2.74. The first-order valence-corrected chi connectivity index (χ1v) is 8.75. The van der Waals surface area contributed by atoms with Crippen molar-refractivity contribution >= 4 is 6.03 Å². The SMILES string of the molecule is O=C(N[C@H]1CCc2c(O)cccc21)N1CCc2ccccc2[C@H]1CO. The van der Waals surface area contributed by atoms with Gasteiger partial charge in [-0.3, -0.25) is 0 Å². The standard InChI is InChI=1S/C20H22N2O3/c23-12-18-14-5-2-1-4-13(14)10-11-22(18)20(25)21-17-9-8-16-15(17)6-3-7-19(16)24/h1-7,17-18,23-24H,8-12H2,(H,21,25)/t17-,18+/m0/s1. The van der Waals surface area contributed by atoms with Gasteiger partial charge in [0.05, 0.1) is 18.7 Å². The van der Waals surface area contributed by atoms with Gasteiger partial charge in [0.25, 0.3) is 0 Å². The monoisotopic (exact) mass is 338 g/mol. The minimum absolute atomic E-state index is 0.0908. The number of fused-ring (bicyclic) bond motifs is 2. The predicted octanol–water partition coefficient (Wildman–Crippen LogP) is 2.68. The Bertz CT molecular complexity index is 805. The fourth-order valence-electron chi connectivity index (χ4n) is 4.11. The van der Waals surface area contributed by atoms with E-state index in [9.17, 15) is 15.0 Å². The van der Waals surface area contributed by atoms with Gasteiger partial charge in [-0.1, -0.05) is 36.4 Å². The van der Waals surface area contributed by atoms with Crippen LogP contribution in [-0.4, -0.2) is 34.3 Å². The van der Waals surface area contributed by atoms with E-state index in [2.05, 4.69) is 11.4 Å². The molecular weight excluding hydrogens is 316 g/mol. The molecule has 25 heavy (non-hydrogen) atoms. The molecule has 1 aliphatic carbocycles. The second kappa shape index (κ2) is 6.41. The van der Waals surface area contributed by atoms with Gasteiger partial charge >= 0.3 is 6.03 Å². The maximum absolute atomic E-state index is 12.9. The van der Waals surface area contributed by atoms with Gasteiger partial charge in [0.2, 0.25) is 0 Å². The summed E-state index contributed by atoms with van der Waals surface area (Å²) in [5.41, 5.74) is 4.14. The average molecular weight is 338 g/mol. The van der Waals surface area contributed by atoms with Crippen LogP contribution in [0.25, 0.3) is 0 Å². The lowest BCUT2D eigenvalue weighted by Crippen LogP contribution is -2.47. The largest absolute Gasteiger partial charge is 0.508 e. The predicted molar refractivity (Wildman–Crippen MR) is 94.4 cm³/mol.